The average molecular weight is 271 g/mol. The molecule has 0 saturated heterocycles. The molecule has 1 aliphatic rings. The SMILES string of the molecule is NCc1ccc(C(=O)CCc2ccc3c(c2)CCO3)o1. The molecule has 0 spiro atoms. The largest absolute Gasteiger partial charge is 0.493 e. The van der Waals surface area contributed by atoms with Gasteiger partial charge in [0.25, 0.3) is 0 Å². The fourth-order valence-corrected chi connectivity index (χ4v) is 2.41. The smallest absolute Gasteiger partial charge is 0.198 e. The van der Waals surface area contributed by atoms with Crippen LogP contribution >= 0.6 is 0 Å². The van der Waals surface area contributed by atoms with Crippen molar-refractivity contribution in [3.05, 3.63) is 53.0 Å². The minimum Gasteiger partial charge on any atom is -0.493 e. The second kappa shape index (κ2) is 5.51. The van der Waals surface area contributed by atoms with Crippen LogP contribution in [0.15, 0.2) is 34.7 Å². The van der Waals surface area contributed by atoms with Crippen LogP contribution in [0.25, 0.3) is 0 Å². The molecule has 0 atom stereocenters. The highest BCUT2D eigenvalue weighted by molar-refractivity contribution is 5.93. The summed E-state index contributed by atoms with van der Waals surface area (Å²) in [4.78, 5) is 12.0. The zero-order chi connectivity index (χ0) is 13.9. The van der Waals surface area contributed by atoms with Gasteiger partial charge in [0.15, 0.2) is 11.5 Å². The van der Waals surface area contributed by atoms with Crippen LogP contribution in [-0.2, 0) is 19.4 Å². The summed E-state index contributed by atoms with van der Waals surface area (Å²) in [5, 5.41) is 0. The predicted molar refractivity (Wildman–Crippen MR) is 74.9 cm³/mol. The molecule has 4 heteroatoms. The number of nitrogens with two attached hydrogens (primary N) is 1. The molecular formula is C16H17NO3. The van der Waals surface area contributed by atoms with Gasteiger partial charge in [0.2, 0.25) is 0 Å². The van der Waals surface area contributed by atoms with Gasteiger partial charge in [-0.15, -0.1) is 0 Å². The normalized spacial score (nSPS) is 13.1. The van der Waals surface area contributed by atoms with Gasteiger partial charge in [-0.3, -0.25) is 4.79 Å². The molecule has 3 rings (SSSR count). The number of aryl methyl sites for hydroxylation is 1. The molecule has 0 aliphatic carbocycles. The summed E-state index contributed by atoms with van der Waals surface area (Å²) >= 11 is 0. The van der Waals surface area contributed by atoms with Crippen LogP contribution < -0.4 is 10.5 Å². The molecule has 1 aromatic carbocycles. The summed E-state index contributed by atoms with van der Waals surface area (Å²) in [6.07, 6.45) is 2.11. The third-order valence-corrected chi connectivity index (χ3v) is 3.53. The summed E-state index contributed by atoms with van der Waals surface area (Å²) in [6, 6.07) is 9.58. The number of furan rings is 1. The molecule has 2 N–H and O–H groups in total. The first-order valence-corrected chi connectivity index (χ1v) is 6.83. The highest BCUT2D eigenvalue weighted by Crippen LogP contribution is 2.26. The van der Waals surface area contributed by atoms with E-state index in [0.29, 0.717) is 30.9 Å². The molecule has 0 radical (unpaired) electrons. The first kappa shape index (κ1) is 12.9. The van der Waals surface area contributed by atoms with Crippen molar-refractivity contribution in [3.63, 3.8) is 0 Å². The van der Waals surface area contributed by atoms with Crippen molar-refractivity contribution in [2.24, 2.45) is 5.73 Å². The van der Waals surface area contributed by atoms with Crippen LogP contribution in [0.2, 0.25) is 0 Å². The van der Waals surface area contributed by atoms with Gasteiger partial charge in [0.05, 0.1) is 13.2 Å². The maximum atomic E-state index is 12.0. The van der Waals surface area contributed by atoms with E-state index in [0.717, 1.165) is 24.3 Å². The molecule has 104 valence electrons. The van der Waals surface area contributed by atoms with E-state index < -0.39 is 0 Å². The first-order chi connectivity index (χ1) is 9.76. The third kappa shape index (κ3) is 2.60. The molecule has 2 aromatic rings. The van der Waals surface area contributed by atoms with E-state index in [1.165, 1.54) is 5.56 Å². The minimum absolute atomic E-state index is 0.0152. The van der Waals surface area contributed by atoms with E-state index in [1.54, 1.807) is 12.1 Å². The fourth-order valence-electron chi connectivity index (χ4n) is 2.41. The number of carbonyl (C=O) groups is 1. The zero-order valence-corrected chi connectivity index (χ0v) is 11.2. The molecule has 0 bridgehead atoms. The van der Waals surface area contributed by atoms with Crippen LogP contribution in [0, 0.1) is 0 Å². The van der Waals surface area contributed by atoms with Gasteiger partial charge in [-0.25, -0.2) is 0 Å². The van der Waals surface area contributed by atoms with Crippen LogP contribution in [0.5, 0.6) is 5.75 Å². The molecule has 4 nitrogen and oxygen atoms in total. The lowest BCUT2D eigenvalue weighted by Gasteiger charge is -2.03. The molecular weight excluding hydrogens is 254 g/mol. The van der Waals surface area contributed by atoms with Gasteiger partial charge in [0, 0.05) is 12.8 Å². The molecule has 1 aromatic heterocycles. The molecule has 0 amide bonds. The number of benzene rings is 1. The Morgan fingerprint density at radius 2 is 2.15 bits per heavy atom. The predicted octanol–water partition coefficient (Wildman–Crippen LogP) is 2.49. The highest BCUT2D eigenvalue weighted by atomic mass is 16.5. The van der Waals surface area contributed by atoms with Gasteiger partial charge in [0.1, 0.15) is 11.5 Å². The number of carbonyl (C=O) groups excluding carboxylic acids is 1. The first-order valence-electron chi connectivity index (χ1n) is 6.83. The summed E-state index contributed by atoms with van der Waals surface area (Å²) in [5.74, 6) is 2.03. The number of fused-ring (bicyclic) bond motifs is 1. The van der Waals surface area contributed by atoms with E-state index in [9.17, 15) is 4.79 Å². The summed E-state index contributed by atoms with van der Waals surface area (Å²) < 4.78 is 10.8. The molecule has 1 aliphatic heterocycles. The molecule has 20 heavy (non-hydrogen) atoms. The monoisotopic (exact) mass is 271 g/mol. The van der Waals surface area contributed by atoms with Crippen LogP contribution in [0.4, 0.5) is 0 Å². The number of Topliss-reactive ketones (excluding diaryl/α,β-unsaturated/α-hetero) is 1. The maximum absolute atomic E-state index is 12.0. The summed E-state index contributed by atoms with van der Waals surface area (Å²) in [6.45, 7) is 1.07. The Morgan fingerprint density at radius 3 is 2.95 bits per heavy atom. The fraction of sp³-hybridized carbons (Fsp3) is 0.312. The van der Waals surface area contributed by atoms with Crippen molar-refractivity contribution in [2.45, 2.75) is 25.8 Å². The lowest BCUT2D eigenvalue weighted by Crippen LogP contribution is -2.00. The van der Waals surface area contributed by atoms with E-state index in [1.807, 2.05) is 12.1 Å². The number of ether oxygens (including phenoxy) is 1. The quantitative estimate of drug-likeness (QED) is 0.848. The van der Waals surface area contributed by atoms with E-state index in [-0.39, 0.29) is 5.78 Å². The lowest BCUT2D eigenvalue weighted by molar-refractivity contribution is 0.0954. The Balaban J connectivity index is 1.63. The third-order valence-electron chi connectivity index (χ3n) is 3.53. The molecule has 2 heterocycles. The van der Waals surface area contributed by atoms with Crippen molar-refractivity contribution in [3.8, 4) is 5.75 Å². The van der Waals surface area contributed by atoms with Crippen molar-refractivity contribution in [1.29, 1.82) is 0 Å². The highest BCUT2D eigenvalue weighted by Gasteiger charge is 2.14. The van der Waals surface area contributed by atoms with E-state index in [4.69, 9.17) is 14.9 Å². The second-order valence-electron chi connectivity index (χ2n) is 4.93. The minimum atomic E-state index is 0.0152. The van der Waals surface area contributed by atoms with E-state index >= 15 is 0 Å². The zero-order valence-electron chi connectivity index (χ0n) is 11.2. The van der Waals surface area contributed by atoms with Gasteiger partial charge in [-0.05, 0) is 35.7 Å². The van der Waals surface area contributed by atoms with E-state index in [2.05, 4.69) is 6.07 Å². The molecule has 0 unspecified atom stereocenters. The van der Waals surface area contributed by atoms with Crippen molar-refractivity contribution in [1.82, 2.24) is 0 Å². The standard InChI is InChI=1S/C16H17NO3/c17-10-13-3-6-16(20-13)14(18)4-1-11-2-5-15-12(9-11)7-8-19-15/h2-3,5-6,9H,1,4,7-8,10,17H2. The molecule has 0 fully saturated rings. The number of hydrogen-bond acceptors (Lipinski definition) is 4. The number of rotatable bonds is 5. The van der Waals surface area contributed by atoms with Gasteiger partial charge in [-0.1, -0.05) is 12.1 Å². The van der Waals surface area contributed by atoms with Crippen molar-refractivity contribution < 1.29 is 13.9 Å². The lowest BCUT2D eigenvalue weighted by atomic mass is 10.0. The summed E-state index contributed by atoms with van der Waals surface area (Å²) in [5.41, 5.74) is 7.86. The Labute approximate surface area is 117 Å². The van der Waals surface area contributed by atoms with Gasteiger partial charge >= 0.3 is 0 Å². The number of hydrogen-bond donors (Lipinski definition) is 1. The van der Waals surface area contributed by atoms with Gasteiger partial charge < -0.3 is 14.9 Å². The topological polar surface area (TPSA) is 65.5 Å². The summed E-state index contributed by atoms with van der Waals surface area (Å²) in [7, 11) is 0. The molecule has 0 saturated carbocycles. The Kier molecular flexibility index (Phi) is 3.56. The number of ketones is 1. The second-order valence-corrected chi connectivity index (χ2v) is 4.93. The Hall–Kier alpha value is -2.07. The van der Waals surface area contributed by atoms with Crippen LogP contribution in [0.1, 0.15) is 33.9 Å². The van der Waals surface area contributed by atoms with Crippen molar-refractivity contribution >= 4 is 5.78 Å². The average Bonchev–Trinajstić information content (AvgIpc) is 3.12. The maximum Gasteiger partial charge on any atom is 0.198 e. The van der Waals surface area contributed by atoms with Gasteiger partial charge in [-0.2, -0.15) is 0 Å². The van der Waals surface area contributed by atoms with Crippen LogP contribution in [0.3, 0.4) is 0 Å². The Bertz CT molecular complexity index is 630. The van der Waals surface area contributed by atoms with Crippen LogP contribution in [-0.4, -0.2) is 12.4 Å². The Morgan fingerprint density at radius 1 is 1.25 bits per heavy atom. The van der Waals surface area contributed by atoms with Crippen molar-refractivity contribution in [2.75, 3.05) is 6.61 Å².